The summed E-state index contributed by atoms with van der Waals surface area (Å²) in [7, 11) is 2.66. The summed E-state index contributed by atoms with van der Waals surface area (Å²) < 4.78 is 10.9. The van der Waals surface area contributed by atoms with E-state index in [1.54, 1.807) is 12.5 Å². The number of thiazole rings is 1. The van der Waals surface area contributed by atoms with Crippen LogP contribution in [-0.4, -0.2) is 34.7 Å². The van der Waals surface area contributed by atoms with Gasteiger partial charge in [0.05, 0.1) is 43.1 Å². The first-order valence-corrected chi connectivity index (χ1v) is 8.87. The van der Waals surface area contributed by atoms with Gasteiger partial charge < -0.3 is 14.0 Å². The van der Waals surface area contributed by atoms with Gasteiger partial charge in [0.1, 0.15) is 16.3 Å². The quantitative estimate of drug-likeness (QED) is 0.354. The molecule has 3 rings (SSSR count). The Morgan fingerprint density at radius 1 is 1.32 bits per heavy atom. The predicted molar refractivity (Wildman–Crippen MR) is 102 cm³/mol. The van der Waals surface area contributed by atoms with Crippen LogP contribution in [0.3, 0.4) is 0 Å². The minimum Gasteiger partial charge on any atom is -0.496 e. The number of benzene rings is 1. The van der Waals surface area contributed by atoms with Crippen molar-refractivity contribution in [3.8, 4) is 16.3 Å². The fourth-order valence-electron chi connectivity index (χ4n) is 2.59. The summed E-state index contributed by atoms with van der Waals surface area (Å²) in [6.45, 7) is -0.0316. The normalized spacial score (nSPS) is 10.5. The zero-order chi connectivity index (χ0) is 20.3. The maximum Gasteiger partial charge on any atom is 0.343 e. The Bertz CT molecular complexity index is 1100. The van der Waals surface area contributed by atoms with E-state index in [9.17, 15) is 19.7 Å². The number of methoxy groups -OCH3 is 2. The van der Waals surface area contributed by atoms with Crippen molar-refractivity contribution in [1.82, 2.24) is 9.55 Å². The summed E-state index contributed by atoms with van der Waals surface area (Å²) in [4.78, 5) is 39.3. The standard InChI is InChI=1S/C18H15N3O6S/c1-26-15-6-4-3-5-13(15)16-19-11(10-28-16)8-20-9-12(21(24)25)7-14(17(20)22)18(23)27-2/h3-7,9-10H,8H2,1-2H3. The van der Waals surface area contributed by atoms with Crippen LogP contribution in [0.4, 0.5) is 5.69 Å². The summed E-state index contributed by atoms with van der Waals surface area (Å²) in [6.07, 6.45) is 1.08. The Labute approximate surface area is 162 Å². The van der Waals surface area contributed by atoms with Gasteiger partial charge in [-0.2, -0.15) is 0 Å². The van der Waals surface area contributed by atoms with Gasteiger partial charge in [0, 0.05) is 11.4 Å². The third kappa shape index (κ3) is 3.76. The number of aromatic nitrogens is 2. The number of carbonyl (C=O) groups excluding carboxylic acids is 1. The van der Waals surface area contributed by atoms with Crippen molar-refractivity contribution in [3.63, 3.8) is 0 Å². The van der Waals surface area contributed by atoms with E-state index in [4.69, 9.17) is 4.74 Å². The third-order valence-electron chi connectivity index (χ3n) is 3.91. The number of esters is 1. The Morgan fingerprint density at radius 2 is 2.07 bits per heavy atom. The summed E-state index contributed by atoms with van der Waals surface area (Å²) in [5.41, 5.74) is -0.173. The van der Waals surface area contributed by atoms with Gasteiger partial charge in [-0.15, -0.1) is 11.3 Å². The number of hydrogen-bond donors (Lipinski definition) is 0. The number of rotatable bonds is 6. The molecule has 144 valence electrons. The van der Waals surface area contributed by atoms with Gasteiger partial charge >= 0.3 is 5.97 Å². The van der Waals surface area contributed by atoms with Gasteiger partial charge in [-0.3, -0.25) is 14.9 Å². The van der Waals surface area contributed by atoms with Gasteiger partial charge in [-0.1, -0.05) is 12.1 Å². The molecular formula is C18H15N3O6S. The predicted octanol–water partition coefficient (Wildman–Crippen LogP) is 2.72. The van der Waals surface area contributed by atoms with Gasteiger partial charge in [-0.05, 0) is 12.1 Å². The molecule has 0 unspecified atom stereocenters. The van der Waals surface area contributed by atoms with E-state index in [0.717, 1.165) is 29.5 Å². The molecule has 0 saturated carbocycles. The molecule has 0 aliphatic carbocycles. The van der Waals surface area contributed by atoms with E-state index >= 15 is 0 Å². The lowest BCUT2D eigenvalue weighted by molar-refractivity contribution is -0.385. The maximum absolute atomic E-state index is 12.5. The van der Waals surface area contributed by atoms with Crippen molar-refractivity contribution in [2.45, 2.75) is 6.54 Å². The zero-order valence-electron chi connectivity index (χ0n) is 14.9. The first-order chi connectivity index (χ1) is 13.4. The molecule has 1 aromatic carbocycles. The molecule has 0 fully saturated rings. The van der Waals surface area contributed by atoms with E-state index in [1.807, 2.05) is 24.3 Å². The highest BCUT2D eigenvalue weighted by Gasteiger charge is 2.20. The number of nitro groups is 1. The smallest absolute Gasteiger partial charge is 0.343 e. The van der Waals surface area contributed by atoms with Crippen molar-refractivity contribution in [3.05, 3.63) is 73.6 Å². The first-order valence-electron chi connectivity index (χ1n) is 7.99. The summed E-state index contributed by atoms with van der Waals surface area (Å²) in [5, 5.41) is 13.6. The van der Waals surface area contributed by atoms with Crippen LogP contribution in [0, 0.1) is 10.1 Å². The van der Waals surface area contributed by atoms with E-state index in [-0.39, 0.29) is 12.2 Å². The molecule has 0 atom stereocenters. The maximum atomic E-state index is 12.5. The molecule has 0 spiro atoms. The zero-order valence-corrected chi connectivity index (χ0v) is 15.8. The van der Waals surface area contributed by atoms with Crippen LogP contribution >= 0.6 is 11.3 Å². The highest BCUT2D eigenvalue weighted by Crippen LogP contribution is 2.32. The molecule has 0 amide bonds. The second kappa shape index (κ2) is 8.01. The van der Waals surface area contributed by atoms with E-state index < -0.39 is 22.0 Å². The monoisotopic (exact) mass is 401 g/mol. The molecule has 0 saturated heterocycles. The van der Waals surface area contributed by atoms with Crippen LogP contribution in [0.1, 0.15) is 16.1 Å². The SMILES string of the molecule is COC(=O)c1cc([N+](=O)[O-])cn(Cc2csc(-c3ccccc3OC)n2)c1=O. The molecule has 0 radical (unpaired) electrons. The van der Waals surface area contributed by atoms with Crippen LogP contribution in [0.15, 0.2) is 46.7 Å². The van der Waals surface area contributed by atoms with Gasteiger partial charge in [0.25, 0.3) is 11.2 Å². The second-order valence-corrected chi connectivity index (χ2v) is 6.50. The van der Waals surface area contributed by atoms with Crippen molar-refractivity contribution in [1.29, 1.82) is 0 Å². The van der Waals surface area contributed by atoms with Gasteiger partial charge in [0.2, 0.25) is 0 Å². The fourth-order valence-corrected chi connectivity index (χ4v) is 3.43. The molecule has 0 aliphatic rings. The highest BCUT2D eigenvalue weighted by atomic mass is 32.1. The molecule has 9 nitrogen and oxygen atoms in total. The van der Waals surface area contributed by atoms with Crippen molar-refractivity contribution in [2.24, 2.45) is 0 Å². The number of ether oxygens (including phenoxy) is 2. The molecule has 2 aromatic heterocycles. The molecule has 10 heteroatoms. The van der Waals surface area contributed by atoms with Crippen molar-refractivity contribution in [2.75, 3.05) is 14.2 Å². The lowest BCUT2D eigenvalue weighted by Crippen LogP contribution is -2.27. The van der Waals surface area contributed by atoms with Crippen molar-refractivity contribution < 1.29 is 19.2 Å². The summed E-state index contributed by atoms with van der Waals surface area (Å²) in [5.74, 6) is -0.278. The molecule has 0 N–H and O–H groups in total. The van der Waals surface area contributed by atoms with Crippen LogP contribution < -0.4 is 10.3 Å². The van der Waals surface area contributed by atoms with E-state index in [1.165, 1.54) is 11.3 Å². The number of hydrogen-bond acceptors (Lipinski definition) is 8. The molecule has 0 aliphatic heterocycles. The first kappa shape index (κ1) is 19.2. The summed E-state index contributed by atoms with van der Waals surface area (Å²) in [6, 6.07) is 8.27. The minimum atomic E-state index is -0.935. The molecule has 3 aromatic rings. The lowest BCUT2D eigenvalue weighted by atomic mass is 10.2. The largest absolute Gasteiger partial charge is 0.496 e. The number of pyridine rings is 1. The molecule has 2 heterocycles. The second-order valence-electron chi connectivity index (χ2n) is 5.64. The van der Waals surface area contributed by atoms with Crippen LogP contribution in [0.25, 0.3) is 10.6 Å². The topological polar surface area (TPSA) is 114 Å². The van der Waals surface area contributed by atoms with Gasteiger partial charge in [-0.25, -0.2) is 9.78 Å². The minimum absolute atomic E-state index is 0.0316. The Kier molecular flexibility index (Phi) is 5.50. The van der Waals surface area contributed by atoms with Crippen molar-refractivity contribution >= 4 is 23.0 Å². The lowest BCUT2D eigenvalue weighted by Gasteiger charge is -2.07. The van der Waals surface area contributed by atoms with E-state index in [0.29, 0.717) is 16.5 Å². The molecule has 28 heavy (non-hydrogen) atoms. The van der Waals surface area contributed by atoms with Gasteiger partial charge in [0.15, 0.2) is 0 Å². The summed E-state index contributed by atoms with van der Waals surface area (Å²) >= 11 is 1.35. The van der Waals surface area contributed by atoms with Crippen LogP contribution in [0.5, 0.6) is 5.75 Å². The number of carbonyl (C=O) groups is 1. The average Bonchev–Trinajstić information content (AvgIpc) is 3.17. The number of nitrogens with zero attached hydrogens (tertiary/aromatic N) is 3. The third-order valence-corrected chi connectivity index (χ3v) is 4.83. The Hall–Kier alpha value is -3.53. The highest BCUT2D eigenvalue weighted by molar-refractivity contribution is 7.13. The average molecular weight is 401 g/mol. The molecular weight excluding hydrogens is 386 g/mol. The van der Waals surface area contributed by atoms with E-state index in [2.05, 4.69) is 9.72 Å². The Morgan fingerprint density at radius 3 is 2.75 bits per heavy atom. The van der Waals surface area contributed by atoms with Crippen LogP contribution in [-0.2, 0) is 11.3 Å². The van der Waals surface area contributed by atoms with Crippen LogP contribution in [0.2, 0.25) is 0 Å². The molecule has 0 bridgehead atoms. The Balaban J connectivity index is 1.99. The number of para-hydroxylation sites is 1. The fraction of sp³-hybridized carbons (Fsp3) is 0.167.